The molecule has 81 nitrogen and oxygen atoms in total. The summed E-state index contributed by atoms with van der Waals surface area (Å²) in [5.74, 6) is -0.0666. The number of carbonyl (C=O) groups is 10. The molecule has 0 aliphatic rings. The van der Waals surface area contributed by atoms with Crippen LogP contribution < -0.4 is 90.4 Å². The lowest BCUT2D eigenvalue weighted by Crippen LogP contribution is -2.58. The fraction of sp³-hybridized carbons (Fsp3) is 0.390. The summed E-state index contributed by atoms with van der Waals surface area (Å²) in [5, 5.41) is 265. The van der Waals surface area contributed by atoms with Crippen molar-refractivity contribution in [2.45, 2.75) is 41.8 Å². The summed E-state index contributed by atoms with van der Waals surface area (Å²) >= 11 is 2.05. The van der Waals surface area contributed by atoms with Crippen LogP contribution in [-0.4, -0.2) is 458 Å². The van der Waals surface area contributed by atoms with Gasteiger partial charge in [0.25, 0.3) is 77.2 Å². The van der Waals surface area contributed by atoms with Gasteiger partial charge >= 0.3 is 42.2 Å². The van der Waals surface area contributed by atoms with Gasteiger partial charge in [-0.25, -0.2) is 38.8 Å². The number of aliphatic hydroxyl groups excluding tert-OH is 10. The van der Waals surface area contributed by atoms with Gasteiger partial charge in [0.2, 0.25) is 0 Å². The predicted molar refractivity (Wildman–Crippen MR) is 472 cm³/mol. The first-order chi connectivity index (χ1) is 68.8. The molecule has 0 bridgehead atoms. The number of carbonyl (C=O) groups excluding carboxylic acids is 10. The Morgan fingerprint density at radius 2 is 0.732 bits per heavy atom. The predicted octanol–water partition coefficient (Wildman–Crippen LogP) is -10.8. The van der Waals surface area contributed by atoms with E-state index in [2.05, 4.69) is 306 Å². The molecule has 770 valence electrons. The van der Waals surface area contributed by atoms with Crippen LogP contribution in [0.1, 0.15) is 49.7 Å². The molecule has 13 aromatic rings. The zero-order valence-electron chi connectivity index (χ0n) is 73.3. The highest BCUT2D eigenvalue weighted by Gasteiger charge is 2.30. The maximum atomic E-state index is 11.9. The minimum atomic E-state index is -1.49. The second kappa shape index (κ2) is 71.5. The molecule has 17 amide bonds. The van der Waals surface area contributed by atoms with Gasteiger partial charge < -0.3 is 93.2 Å². The molecule has 0 aliphatic carbocycles. The smallest absolute Gasteiger partial charge is 0.322 e. The Labute approximate surface area is 797 Å². The molecule has 0 saturated carbocycles. The van der Waals surface area contributed by atoms with Crippen molar-refractivity contribution in [3.8, 4) is 0 Å². The van der Waals surface area contributed by atoms with Crippen LogP contribution in [-0.2, 0) is 9.37 Å². The summed E-state index contributed by atoms with van der Waals surface area (Å²) in [6, 6.07) is 14.6. The van der Waals surface area contributed by atoms with Crippen LogP contribution >= 0.6 is 23.4 Å². The molecule has 0 aliphatic heterocycles. The van der Waals surface area contributed by atoms with Gasteiger partial charge in [0.1, 0.15) is 5.54 Å². The first-order valence-corrected chi connectivity index (χ1v) is 40.8. The number of nitrogens with zero attached hydrogens (tertiary/aromatic N) is 31. The summed E-state index contributed by atoms with van der Waals surface area (Å²) < 4.78 is 4.29. The first-order valence-electron chi connectivity index (χ1n) is 39.2. The van der Waals surface area contributed by atoms with E-state index in [1.807, 2.05) is 30.4 Å². The van der Waals surface area contributed by atoms with Crippen molar-refractivity contribution in [1.82, 2.24) is 248 Å². The second-order valence-corrected chi connectivity index (χ2v) is 26.7. The third-order valence-corrected chi connectivity index (χ3v) is 15.8. The van der Waals surface area contributed by atoms with Crippen molar-refractivity contribution < 1.29 is 114 Å². The maximum absolute atomic E-state index is 11.9. The number of aliphatic hydroxyl groups is 10. The number of hydrogen-bond acceptors (Lipinski definition) is 56. The van der Waals surface area contributed by atoms with Crippen molar-refractivity contribution >= 4 is 143 Å². The molecular formula is C59H94N58O23S2. The number of hydrogen-bond donors (Lipinski definition) is 38. The molecule has 0 fully saturated rings. The van der Waals surface area contributed by atoms with Crippen molar-refractivity contribution in [3.05, 3.63) is 88.1 Å². The van der Waals surface area contributed by atoms with E-state index >= 15 is 0 Å². The second-order valence-electron chi connectivity index (χ2n) is 25.0. The fourth-order valence-corrected chi connectivity index (χ4v) is 8.94. The Hall–Kier alpha value is -18.1. The van der Waals surface area contributed by atoms with E-state index in [4.69, 9.17) is 56.3 Å². The van der Waals surface area contributed by atoms with E-state index in [1.165, 1.54) is 11.3 Å². The Morgan fingerprint density at radius 3 is 1.08 bits per heavy atom. The first kappa shape index (κ1) is 116. The van der Waals surface area contributed by atoms with Crippen LogP contribution in [0.2, 0.25) is 0 Å². The minimum Gasteiger partial charge on any atom is -0.396 e. The number of thiophene rings is 1. The van der Waals surface area contributed by atoms with E-state index in [0.717, 1.165) is 13.0 Å². The third-order valence-electron chi connectivity index (χ3n) is 14.3. The largest absolute Gasteiger partial charge is 0.396 e. The Bertz CT molecular complexity index is 5370. The minimum absolute atomic E-state index is 0.0112. The summed E-state index contributed by atoms with van der Waals surface area (Å²) in [6.07, 6.45) is 0.934. The van der Waals surface area contributed by atoms with Crippen molar-refractivity contribution in [2.24, 2.45) is 0 Å². The number of likely N-dealkylation sites (N-methyl/N-ethyl adjacent to an activating group) is 1. The van der Waals surface area contributed by atoms with E-state index in [9.17, 15) is 47.9 Å². The van der Waals surface area contributed by atoms with Gasteiger partial charge in [-0.2, -0.15) is 52.1 Å². The highest BCUT2D eigenvalue weighted by molar-refractivity contribution is 7.94. The Balaban J connectivity index is 0.000000330. The van der Waals surface area contributed by atoms with Crippen LogP contribution in [0.3, 0.4) is 0 Å². The number of H-pyrrole nitrogens is 10. The standard InChI is InChI=1S/C8H7N5O4S.C8H7N5O.C6H13N7O.C6H12N6O4.C6H12N6O2.C6H5N5OS.2C5H10N6O3.C5H10N6O2.C4H8N6O2/c14-7(9-8-10-12-13-11-8)5-3-1-2-4-6(5)18-17-16-15;14-7(6-4-2-1-3-5-6)9-8-10-12-13-11-8;1-13(2)4-3-7-6(14)8-5-9-11-12-10-5;13-1-6(2-14,3-15)8-5(16)7-4-9-11-12-10-4;13-4-2-1-3-7-6(14)8-5-9-11-12-10-5;12-5(4-2-1-3-13-4)7-6-8-10-11-9-6;12-1-3(2-13)6-5(14)7-4-8-10-11-9-4;12-2-3(13)1-6-5(14)7-4-8-10-11-9-4;12-3-1-2-6-5(13)7-4-8-10-11-9-4;11-2-1-5-4(12)6-3-7-9-10-8-3/h1-4,15H,(H2,9,10,11,12,13,14);1-5H,(H2,9,10,11,12,13,14);3-4H2,1-2H3,(H3,7,8,9,10,11,12,14);13-15H,1-3H2,(H3,7,8,9,10,11,12,16);13H,1-4H2,(H3,7,8,9,10,11,12,14);1-3H,(H2,7,8,9,10,11,12);2*3,12-13H,1-2H2,(H3,6,7,8,9,10,11,14);12H,1-3H2,(H3,6,7,8,9,10,11,13);11H,1-2H2,(H3,5,6,7,8,9,10,12). The lowest BCUT2D eigenvalue weighted by Gasteiger charge is -2.28. The zero-order chi connectivity index (χ0) is 103. The van der Waals surface area contributed by atoms with Crippen LogP contribution in [0.4, 0.5) is 93.0 Å². The molecular weight excluding hydrogens is 1950 g/mol. The molecule has 1 atom stereocenters. The van der Waals surface area contributed by atoms with Gasteiger partial charge in [-0.1, -0.05) is 92.4 Å². The Morgan fingerprint density at radius 1 is 0.380 bits per heavy atom. The molecule has 0 radical (unpaired) electrons. The highest BCUT2D eigenvalue weighted by Crippen LogP contribution is 2.24. The van der Waals surface area contributed by atoms with Gasteiger partial charge in [-0.05, 0) is 121 Å². The summed E-state index contributed by atoms with van der Waals surface area (Å²) in [5.41, 5.74) is -0.630. The highest BCUT2D eigenvalue weighted by atomic mass is 32.2. The van der Waals surface area contributed by atoms with Crippen molar-refractivity contribution in [2.75, 3.05) is 166 Å². The number of rotatable bonds is 38. The monoisotopic (exact) mass is 2050 g/mol. The van der Waals surface area contributed by atoms with E-state index in [-0.39, 0.29) is 129 Å². The quantitative estimate of drug-likeness (QED) is 0.00739. The van der Waals surface area contributed by atoms with Gasteiger partial charge in [-0.15, -0.1) is 66.7 Å². The number of aromatic amines is 10. The normalized spacial score (nSPS) is 10.3. The van der Waals surface area contributed by atoms with Gasteiger partial charge in [0, 0.05) is 58.0 Å². The molecule has 38 N–H and O–H groups in total. The summed E-state index contributed by atoms with van der Waals surface area (Å²) in [6.45, 7) is -0.505. The molecule has 0 saturated heterocycles. The lowest BCUT2D eigenvalue weighted by molar-refractivity contribution is -0.432. The number of amides is 17. The number of tetrazole rings is 10. The van der Waals surface area contributed by atoms with E-state index < -0.39 is 80.2 Å². The fourth-order valence-electron chi connectivity index (χ4n) is 7.83. The number of anilines is 10. The van der Waals surface area contributed by atoms with Gasteiger partial charge in [-0.3, -0.25) is 67.6 Å². The third kappa shape index (κ3) is 52.7. The average molecular weight is 2050 g/mol. The Kier molecular flexibility index (Phi) is 58.5. The molecule has 11 heterocycles. The molecule has 0 spiro atoms. The number of nitrogens with one attached hydrogen (secondary N) is 27. The summed E-state index contributed by atoms with van der Waals surface area (Å²) in [7, 11) is 3.86. The molecule has 11 aromatic heterocycles. The van der Waals surface area contributed by atoms with E-state index in [1.54, 1.807) is 60.7 Å². The molecule has 83 heteroatoms. The topological polar surface area (TPSA) is 1160 Å². The lowest BCUT2D eigenvalue weighted by atomic mass is 10.0. The van der Waals surface area contributed by atoms with Crippen LogP contribution in [0.15, 0.2) is 77.0 Å². The number of benzene rings is 2. The zero-order valence-corrected chi connectivity index (χ0v) is 74.9. The average Bonchev–Trinajstić information content (AvgIpc) is 0.956. The molecule has 13 rings (SSSR count). The molecule has 1 unspecified atom stereocenters. The number of aromatic nitrogens is 40. The van der Waals surface area contributed by atoms with Gasteiger partial charge in [0.15, 0.2) is 0 Å². The summed E-state index contributed by atoms with van der Waals surface area (Å²) in [4.78, 5) is 115. The number of urea groups is 7. The molecule has 142 heavy (non-hydrogen) atoms. The molecule has 2 aromatic carbocycles. The van der Waals surface area contributed by atoms with E-state index in [0.29, 0.717) is 65.4 Å². The maximum Gasteiger partial charge on any atom is 0.322 e. The van der Waals surface area contributed by atoms with Crippen molar-refractivity contribution in [1.29, 1.82) is 0 Å². The van der Waals surface area contributed by atoms with Crippen LogP contribution in [0, 0.1) is 0 Å². The van der Waals surface area contributed by atoms with Gasteiger partial charge in [0.05, 0.1) is 85.8 Å². The SMILES string of the molecule is CN(C)CCNC(=O)Nc1nn[nH]n1.O=C(NCC(O)CO)Nc1nn[nH]n1.O=C(NCCCCO)Nc1nn[nH]n1.O=C(NCCCO)Nc1nn[nH]n1.O=C(NCCO)Nc1nn[nH]n1.O=C(Nc1nn[nH]n1)NC(CO)(CO)CO.O=C(Nc1nn[nH]n1)NC(CO)CO.O=C(Nc1nn[nH]n1)c1ccccc1.O=C(Nc1nn[nH]n1)c1ccccc1SOOO.O=C(Nc1nn[nH]n1)c1cccs1. The van der Waals surface area contributed by atoms with Crippen LogP contribution in [0.25, 0.3) is 0 Å². The van der Waals surface area contributed by atoms with Crippen LogP contribution in [0.5, 0.6) is 0 Å². The number of unbranched alkanes of at least 4 members (excludes halogenated alkanes) is 1. The van der Waals surface area contributed by atoms with Crippen molar-refractivity contribution in [3.63, 3.8) is 0 Å².